The van der Waals surface area contributed by atoms with E-state index >= 15 is 0 Å². The van der Waals surface area contributed by atoms with Gasteiger partial charge in [0.2, 0.25) is 5.91 Å². The Morgan fingerprint density at radius 3 is 2.76 bits per heavy atom. The molecule has 112 valence electrons. The van der Waals surface area contributed by atoms with Crippen LogP contribution in [-0.2, 0) is 11.2 Å². The lowest BCUT2D eigenvalue weighted by Crippen LogP contribution is -2.26. The molecular weight excluding hydrogens is 282 g/mol. The summed E-state index contributed by atoms with van der Waals surface area (Å²) in [7, 11) is 0. The maximum atomic E-state index is 12.0. The number of benzene rings is 2. The molecule has 0 saturated carbocycles. The van der Waals surface area contributed by atoms with E-state index in [9.17, 15) is 4.79 Å². The molecule has 1 unspecified atom stereocenters. The SMILES string of the molecule is CC(CCl)CCCNC(=O)Cc1cccc2ccccc12. The predicted octanol–water partition coefficient (Wildman–Crippen LogP) is 4.15. The number of halogens is 1. The molecule has 0 fully saturated rings. The molecule has 0 radical (unpaired) electrons. The van der Waals surface area contributed by atoms with E-state index in [2.05, 4.69) is 30.4 Å². The third-order valence-electron chi connectivity index (χ3n) is 3.69. The molecule has 2 nitrogen and oxygen atoms in total. The van der Waals surface area contributed by atoms with Crippen molar-refractivity contribution in [2.75, 3.05) is 12.4 Å². The molecular formula is C18H22ClNO. The highest BCUT2D eigenvalue weighted by atomic mass is 35.5. The molecule has 0 aromatic heterocycles. The van der Waals surface area contributed by atoms with E-state index in [4.69, 9.17) is 11.6 Å². The predicted molar refractivity (Wildman–Crippen MR) is 89.8 cm³/mol. The summed E-state index contributed by atoms with van der Waals surface area (Å²) < 4.78 is 0. The van der Waals surface area contributed by atoms with Gasteiger partial charge in [-0.05, 0) is 35.1 Å². The van der Waals surface area contributed by atoms with E-state index < -0.39 is 0 Å². The maximum absolute atomic E-state index is 12.0. The normalized spacial score (nSPS) is 12.3. The Morgan fingerprint density at radius 1 is 1.19 bits per heavy atom. The molecule has 3 heteroatoms. The molecule has 2 aromatic carbocycles. The first-order valence-electron chi connectivity index (χ1n) is 7.50. The van der Waals surface area contributed by atoms with Gasteiger partial charge < -0.3 is 5.32 Å². The van der Waals surface area contributed by atoms with E-state index in [1.807, 2.05) is 24.3 Å². The van der Waals surface area contributed by atoms with Crippen molar-refractivity contribution < 1.29 is 4.79 Å². The fraction of sp³-hybridized carbons (Fsp3) is 0.389. The van der Waals surface area contributed by atoms with Gasteiger partial charge in [0.25, 0.3) is 0 Å². The van der Waals surface area contributed by atoms with Crippen LogP contribution in [0.3, 0.4) is 0 Å². The highest BCUT2D eigenvalue weighted by Crippen LogP contribution is 2.18. The zero-order chi connectivity index (χ0) is 15.1. The lowest BCUT2D eigenvalue weighted by molar-refractivity contribution is -0.120. The summed E-state index contributed by atoms with van der Waals surface area (Å²) >= 11 is 5.77. The van der Waals surface area contributed by atoms with Crippen LogP contribution in [0.2, 0.25) is 0 Å². The first-order valence-corrected chi connectivity index (χ1v) is 8.03. The molecule has 0 bridgehead atoms. The Kier molecular flexibility index (Phi) is 6.06. The van der Waals surface area contributed by atoms with E-state index in [0.29, 0.717) is 18.2 Å². The molecule has 0 aliphatic heterocycles. The van der Waals surface area contributed by atoms with Crippen molar-refractivity contribution >= 4 is 28.3 Å². The van der Waals surface area contributed by atoms with Crippen LogP contribution in [0.1, 0.15) is 25.3 Å². The Hall–Kier alpha value is -1.54. The van der Waals surface area contributed by atoms with Crippen molar-refractivity contribution in [3.63, 3.8) is 0 Å². The molecule has 0 saturated heterocycles. The van der Waals surface area contributed by atoms with Gasteiger partial charge in [0.05, 0.1) is 6.42 Å². The molecule has 0 aliphatic rings. The summed E-state index contributed by atoms with van der Waals surface area (Å²) in [6.45, 7) is 2.86. The van der Waals surface area contributed by atoms with Gasteiger partial charge in [0.1, 0.15) is 0 Å². The number of hydrogen-bond acceptors (Lipinski definition) is 1. The second kappa shape index (κ2) is 8.04. The number of carbonyl (C=O) groups is 1. The third kappa shape index (κ3) is 4.75. The number of carbonyl (C=O) groups excluding carboxylic acids is 1. The second-order valence-electron chi connectivity index (χ2n) is 5.57. The van der Waals surface area contributed by atoms with E-state index in [0.717, 1.165) is 30.3 Å². The van der Waals surface area contributed by atoms with Crippen LogP contribution in [0, 0.1) is 5.92 Å². The van der Waals surface area contributed by atoms with Gasteiger partial charge in [0.15, 0.2) is 0 Å². The van der Waals surface area contributed by atoms with Crippen LogP contribution in [0.15, 0.2) is 42.5 Å². The third-order valence-corrected chi connectivity index (χ3v) is 4.22. The van der Waals surface area contributed by atoms with Gasteiger partial charge >= 0.3 is 0 Å². The quantitative estimate of drug-likeness (QED) is 0.604. The number of hydrogen-bond donors (Lipinski definition) is 1. The van der Waals surface area contributed by atoms with E-state index in [1.54, 1.807) is 0 Å². The summed E-state index contributed by atoms with van der Waals surface area (Å²) in [5, 5.41) is 5.33. The van der Waals surface area contributed by atoms with Crippen molar-refractivity contribution in [1.29, 1.82) is 0 Å². The number of alkyl halides is 1. The summed E-state index contributed by atoms with van der Waals surface area (Å²) in [5.74, 6) is 1.29. The molecule has 1 N–H and O–H groups in total. The lowest BCUT2D eigenvalue weighted by Gasteiger charge is -2.09. The smallest absolute Gasteiger partial charge is 0.224 e. The Bertz CT molecular complexity index is 591. The summed E-state index contributed by atoms with van der Waals surface area (Å²) in [6, 6.07) is 14.3. The minimum atomic E-state index is 0.0879. The minimum Gasteiger partial charge on any atom is -0.356 e. The number of amides is 1. The molecule has 21 heavy (non-hydrogen) atoms. The average Bonchev–Trinajstić information content (AvgIpc) is 2.51. The molecule has 2 rings (SSSR count). The van der Waals surface area contributed by atoms with Crippen molar-refractivity contribution in [2.45, 2.75) is 26.2 Å². The molecule has 0 heterocycles. The standard InChI is InChI=1S/C18H22ClNO/c1-14(13-19)6-5-11-20-18(21)12-16-9-4-8-15-7-2-3-10-17(15)16/h2-4,7-10,14H,5-6,11-13H2,1H3,(H,20,21). The Labute approximate surface area is 131 Å². The van der Waals surface area contributed by atoms with Gasteiger partial charge in [-0.3, -0.25) is 4.79 Å². The monoisotopic (exact) mass is 303 g/mol. The van der Waals surface area contributed by atoms with Gasteiger partial charge in [-0.25, -0.2) is 0 Å². The minimum absolute atomic E-state index is 0.0879. The highest BCUT2D eigenvalue weighted by Gasteiger charge is 2.06. The van der Waals surface area contributed by atoms with Gasteiger partial charge in [-0.15, -0.1) is 11.6 Å². The van der Waals surface area contributed by atoms with Crippen molar-refractivity contribution in [1.82, 2.24) is 5.32 Å². The average molecular weight is 304 g/mol. The van der Waals surface area contributed by atoms with E-state index in [1.165, 1.54) is 5.39 Å². The van der Waals surface area contributed by atoms with Gasteiger partial charge in [0, 0.05) is 12.4 Å². The Morgan fingerprint density at radius 2 is 1.95 bits per heavy atom. The number of nitrogens with one attached hydrogen (secondary N) is 1. The number of fused-ring (bicyclic) bond motifs is 1. The largest absolute Gasteiger partial charge is 0.356 e. The second-order valence-corrected chi connectivity index (χ2v) is 5.88. The summed E-state index contributed by atoms with van der Waals surface area (Å²) in [4.78, 5) is 12.0. The number of rotatable bonds is 7. The van der Waals surface area contributed by atoms with Crippen molar-refractivity contribution in [3.8, 4) is 0 Å². The summed E-state index contributed by atoms with van der Waals surface area (Å²) in [5.41, 5.74) is 1.08. The summed E-state index contributed by atoms with van der Waals surface area (Å²) in [6.07, 6.45) is 2.47. The van der Waals surface area contributed by atoms with Crippen LogP contribution in [0.4, 0.5) is 0 Å². The molecule has 0 spiro atoms. The molecule has 1 amide bonds. The van der Waals surface area contributed by atoms with Crippen molar-refractivity contribution in [2.24, 2.45) is 5.92 Å². The lowest BCUT2D eigenvalue weighted by atomic mass is 10.0. The zero-order valence-electron chi connectivity index (χ0n) is 12.4. The first kappa shape index (κ1) is 15.8. The fourth-order valence-electron chi connectivity index (χ4n) is 2.44. The van der Waals surface area contributed by atoms with Crippen LogP contribution >= 0.6 is 11.6 Å². The van der Waals surface area contributed by atoms with Gasteiger partial charge in [-0.1, -0.05) is 49.4 Å². The fourth-order valence-corrected chi connectivity index (χ4v) is 2.59. The highest BCUT2D eigenvalue weighted by molar-refractivity contribution is 6.18. The molecule has 1 atom stereocenters. The van der Waals surface area contributed by atoms with Crippen LogP contribution in [0.5, 0.6) is 0 Å². The Balaban J connectivity index is 1.87. The molecule has 2 aromatic rings. The van der Waals surface area contributed by atoms with Crippen LogP contribution in [0.25, 0.3) is 10.8 Å². The molecule has 0 aliphatic carbocycles. The zero-order valence-corrected chi connectivity index (χ0v) is 13.2. The van der Waals surface area contributed by atoms with Crippen LogP contribution in [-0.4, -0.2) is 18.3 Å². The topological polar surface area (TPSA) is 29.1 Å². The maximum Gasteiger partial charge on any atom is 0.224 e. The van der Waals surface area contributed by atoms with E-state index in [-0.39, 0.29) is 5.91 Å². The van der Waals surface area contributed by atoms with Crippen LogP contribution < -0.4 is 5.32 Å². The van der Waals surface area contributed by atoms with Crippen molar-refractivity contribution in [3.05, 3.63) is 48.0 Å². The van der Waals surface area contributed by atoms with Gasteiger partial charge in [-0.2, -0.15) is 0 Å². The first-order chi connectivity index (χ1) is 10.2.